The molecule has 0 aromatic heterocycles. The van der Waals surface area contributed by atoms with Gasteiger partial charge in [0.15, 0.2) is 0 Å². The van der Waals surface area contributed by atoms with Crippen LogP contribution >= 0.6 is 11.8 Å². The molecule has 3 nitrogen and oxygen atoms in total. The van der Waals surface area contributed by atoms with Crippen molar-refractivity contribution in [1.82, 2.24) is 4.90 Å². The van der Waals surface area contributed by atoms with E-state index < -0.39 is 0 Å². The van der Waals surface area contributed by atoms with Crippen LogP contribution in [0.3, 0.4) is 0 Å². The third kappa shape index (κ3) is 8.17. The zero-order valence-electron chi connectivity index (χ0n) is 16.4. The van der Waals surface area contributed by atoms with Crippen molar-refractivity contribution >= 4 is 18.0 Å². The number of rotatable bonds is 7. The number of allylic oxidation sites excluding steroid dienone is 2. The van der Waals surface area contributed by atoms with Gasteiger partial charge < -0.3 is 4.74 Å². The predicted octanol–water partition coefficient (Wildman–Crippen LogP) is 5.21. The largest absolute Gasteiger partial charge is 0.385 e. The molecule has 0 N–H and O–H groups in total. The van der Waals surface area contributed by atoms with Gasteiger partial charge in [-0.15, -0.1) is 11.8 Å². The van der Waals surface area contributed by atoms with E-state index in [0.29, 0.717) is 0 Å². The van der Waals surface area contributed by atoms with Crippen LogP contribution in [-0.4, -0.2) is 38.0 Å². The van der Waals surface area contributed by atoms with Crippen molar-refractivity contribution in [3.8, 4) is 0 Å². The summed E-state index contributed by atoms with van der Waals surface area (Å²) in [6.07, 6.45) is 4.00. The molecule has 2 rings (SSSR count). The average molecular weight is 374 g/mol. The Morgan fingerprint density at radius 2 is 2.00 bits per heavy atom. The maximum Gasteiger partial charge on any atom is 0.147 e. The number of aldehydes is 1. The summed E-state index contributed by atoms with van der Waals surface area (Å²) in [5, 5.41) is 4.18. The van der Waals surface area contributed by atoms with Gasteiger partial charge in [0.1, 0.15) is 6.29 Å². The van der Waals surface area contributed by atoms with E-state index in [9.17, 15) is 4.79 Å². The number of carbonyl (C=O) groups excluding carboxylic acids is 1. The lowest BCUT2D eigenvalue weighted by atomic mass is 9.95. The topological polar surface area (TPSA) is 29.5 Å². The molecule has 1 heterocycles. The Balaban J connectivity index is 0.000000765. The number of benzene rings is 1. The van der Waals surface area contributed by atoms with Gasteiger partial charge in [-0.2, -0.15) is 0 Å². The molecule has 0 amide bonds. The first kappa shape index (κ1) is 22.4. The Hall–Kier alpha value is -1.62. The summed E-state index contributed by atoms with van der Waals surface area (Å²) in [6.45, 7) is 9.53. The predicted molar refractivity (Wildman–Crippen MR) is 113 cm³/mol. The van der Waals surface area contributed by atoms with E-state index in [-0.39, 0.29) is 0 Å². The van der Waals surface area contributed by atoms with Crippen molar-refractivity contribution in [2.24, 2.45) is 0 Å². The van der Waals surface area contributed by atoms with Crippen LogP contribution in [0.2, 0.25) is 0 Å². The van der Waals surface area contributed by atoms with Gasteiger partial charge in [0.2, 0.25) is 0 Å². The smallest absolute Gasteiger partial charge is 0.147 e. The quantitative estimate of drug-likeness (QED) is 0.614. The van der Waals surface area contributed by atoms with Crippen LogP contribution < -0.4 is 0 Å². The second-order valence-electron chi connectivity index (χ2n) is 6.05. The van der Waals surface area contributed by atoms with Crippen LogP contribution in [0, 0.1) is 0 Å². The Bertz CT molecular complexity index is 618. The first-order valence-electron chi connectivity index (χ1n) is 9.02. The first-order valence-corrected chi connectivity index (χ1v) is 9.96. The van der Waals surface area contributed by atoms with Gasteiger partial charge in [0.05, 0.1) is 0 Å². The number of carbonyl (C=O) groups is 1. The van der Waals surface area contributed by atoms with Gasteiger partial charge >= 0.3 is 0 Å². The van der Waals surface area contributed by atoms with Gasteiger partial charge in [0, 0.05) is 38.9 Å². The van der Waals surface area contributed by atoms with Crippen LogP contribution in [0.4, 0.5) is 0 Å². The molecule has 1 aliphatic rings. The zero-order valence-corrected chi connectivity index (χ0v) is 17.2. The van der Waals surface area contributed by atoms with Crippen LogP contribution in [0.25, 0.3) is 0 Å². The van der Waals surface area contributed by atoms with Gasteiger partial charge in [-0.05, 0) is 54.7 Å². The highest BCUT2D eigenvalue weighted by molar-refractivity contribution is 8.04. The molecule has 0 spiro atoms. The summed E-state index contributed by atoms with van der Waals surface area (Å²) in [6, 6.07) is 10.4. The SMILES string of the molecule is C/C=C\S/C=C(\C)C1=C(C=O)CN(Cc2ccccc2)CC1.CCOC. The molecule has 1 aromatic rings. The van der Waals surface area contributed by atoms with Crippen LogP contribution in [-0.2, 0) is 16.1 Å². The number of ether oxygens (including phenoxy) is 1. The van der Waals surface area contributed by atoms with Crippen molar-refractivity contribution in [2.45, 2.75) is 33.7 Å². The second kappa shape index (κ2) is 13.6. The van der Waals surface area contributed by atoms with Gasteiger partial charge in [-0.3, -0.25) is 9.69 Å². The fourth-order valence-electron chi connectivity index (χ4n) is 2.67. The fraction of sp³-hybridized carbons (Fsp3) is 0.409. The number of hydrogen-bond acceptors (Lipinski definition) is 4. The second-order valence-corrected chi connectivity index (χ2v) is 6.83. The summed E-state index contributed by atoms with van der Waals surface area (Å²) in [5.41, 5.74) is 4.66. The van der Waals surface area contributed by atoms with E-state index >= 15 is 0 Å². The number of methoxy groups -OCH3 is 1. The molecule has 142 valence electrons. The summed E-state index contributed by atoms with van der Waals surface area (Å²) < 4.78 is 4.54. The Morgan fingerprint density at radius 3 is 2.58 bits per heavy atom. The minimum Gasteiger partial charge on any atom is -0.385 e. The third-order valence-corrected chi connectivity index (χ3v) is 4.99. The Morgan fingerprint density at radius 1 is 1.31 bits per heavy atom. The fourth-order valence-corrected chi connectivity index (χ4v) is 3.25. The highest BCUT2D eigenvalue weighted by atomic mass is 32.2. The third-order valence-electron chi connectivity index (χ3n) is 4.08. The maximum atomic E-state index is 11.5. The maximum absolute atomic E-state index is 11.5. The Kier molecular flexibility index (Phi) is 11.7. The lowest BCUT2D eigenvalue weighted by Gasteiger charge is -2.29. The molecule has 0 aliphatic carbocycles. The molecule has 1 aromatic carbocycles. The monoisotopic (exact) mass is 373 g/mol. The summed E-state index contributed by atoms with van der Waals surface area (Å²) >= 11 is 1.66. The lowest BCUT2D eigenvalue weighted by molar-refractivity contribution is -0.105. The normalized spacial score (nSPS) is 15.8. The van der Waals surface area contributed by atoms with E-state index in [1.165, 1.54) is 16.7 Å². The van der Waals surface area contributed by atoms with E-state index in [1.807, 2.05) is 26.0 Å². The molecule has 0 bridgehead atoms. The van der Waals surface area contributed by atoms with E-state index in [4.69, 9.17) is 0 Å². The molecule has 0 saturated heterocycles. The van der Waals surface area contributed by atoms with E-state index in [1.54, 1.807) is 18.9 Å². The van der Waals surface area contributed by atoms with E-state index in [0.717, 1.165) is 44.5 Å². The average Bonchev–Trinajstić information content (AvgIpc) is 2.69. The van der Waals surface area contributed by atoms with Crippen LogP contribution in [0.15, 0.2) is 63.9 Å². The molecule has 26 heavy (non-hydrogen) atoms. The van der Waals surface area contributed by atoms with Crippen molar-refractivity contribution in [3.05, 3.63) is 69.5 Å². The summed E-state index contributed by atoms with van der Waals surface area (Å²) in [5.74, 6) is 0. The standard InChI is InChI=1S/C19H23NOS.C3H8O/c1-3-11-22-15-16(2)19-9-10-20(13-18(19)14-21)12-17-7-5-4-6-8-17;1-3-4-2/h3-8,11,14-15H,9-10,12-13H2,1-2H3;3H2,1-2H3/b11-3-,16-15+;. The zero-order chi connectivity index (χ0) is 19.2. The molecular formula is C22H31NO2S. The number of thioether (sulfide) groups is 1. The molecule has 4 heteroatoms. The molecular weight excluding hydrogens is 342 g/mol. The highest BCUT2D eigenvalue weighted by Crippen LogP contribution is 2.26. The molecule has 0 fully saturated rings. The van der Waals surface area contributed by atoms with Gasteiger partial charge in [0.25, 0.3) is 0 Å². The van der Waals surface area contributed by atoms with Crippen molar-refractivity contribution < 1.29 is 9.53 Å². The van der Waals surface area contributed by atoms with Gasteiger partial charge in [-0.1, -0.05) is 36.4 Å². The first-order chi connectivity index (χ1) is 12.7. The molecule has 1 aliphatic heterocycles. The summed E-state index contributed by atoms with van der Waals surface area (Å²) in [7, 11) is 1.68. The Labute approximate surface area is 162 Å². The van der Waals surface area contributed by atoms with Crippen molar-refractivity contribution in [3.63, 3.8) is 0 Å². The molecule has 0 unspecified atom stereocenters. The number of nitrogens with zero attached hydrogens (tertiary/aromatic N) is 1. The van der Waals surface area contributed by atoms with Crippen LogP contribution in [0.1, 0.15) is 32.8 Å². The van der Waals surface area contributed by atoms with E-state index in [2.05, 4.69) is 51.6 Å². The van der Waals surface area contributed by atoms with Crippen molar-refractivity contribution in [2.75, 3.05) is 26.8 Å². The highest BCUT2D eigenvalue weighted by Gasteiger charge is 2.19. The lowest BCUT2D eigenvalue weighted by Crippen LogP contribution is -2.32. The van der Waals surface area contributed by atoms with Gasteiger partial charge in [-0.25, -0.2) is 0 Å². The molecule has 0 saturated carbocycles. The van der Waals surface area contributed by atoms with Crippen LogP contribution in [0.5, 0.6) is 0 Å². The minimum atomic E-state index is 0.743. The van der Waals surface area contributed by atoms with Crippen molar-refractivity contribution in [1.29, 1.82) is 0 Å². The summed E-state index contributed by atoms with van der Waals surface area (Å²) in [4.78, 5) is 13.8. The number of hydrogen-bond donors (Lipinski definition) is 0. The molecule has 0 atom stereocenters. The minimum absolute atomic E-state index is 0.743. The molecule has 0 radical (unpaired) electrons.